The molecule has 1 N–H and O–H groups in total. The molecule has 0 bridgehead atoms. The van der Waals surface area contributed by atoms with Crippen molar-refractivity contribution in [1.82, 2.24) is 10.2 Å². The summed E-state index contributed by atoms with van der Waals surface area (Å²) in [5, 5.41) is 3.40. The monoisotopic (exact) mass is 210 g/mol. The van der Waals surface area contributed by atoms with Gasteiger partial charge in [0.15, 0.2) is 0 Å². The zero-order chi connectivity index (χ0) is 10.8. The molecule has 86 valence electrons. The minimum atomic E-state index is 0.362. The lowest BCUT2D eigenvalue weighted by molar-refractivity contribution is -0.133. The fourth-order valence-electron chi connectivity index (χ4n) is 2.84. The molecule has 0 aromatic rings. The highest BCUT2D eigenvalue weighted by Crippen LogP contribution is 2.29. The Morgan fingerprint density at radius 3 is 3.00 bits per heavy atom. The molecule has 2 saturated heterocycles. The maximum absolute atomic E-state index is 12.0. The molecule has 2 atom stereocenters. The van der Waals surface area contributed by atoms with E-state index < -0.39 is 0 Å². The zero-order valence-corrected chi connectivity index (χ0v) is 9.83. The van der Waals surface area contributed by atoms with Crippen LogP contribution in [0.5, 0.6) is 0 Å². The summed E-state index contributed by atoms with van der Waals surface area (Å²) in [6.45, 7) is 7.36. The molecule has 2 aliphatic rings. The van der Waals surface area contributed by atoms with Crippen molar-refractivity contribution in [3.63, 3.8) is 0 Å². The SMILES string of the molecule is CC(C)CC(=O)N1CC[C@H]2CCNC[C@H]21. The molecule has 2 rings (SSSR count). The van der Waals surface area contributed by atoms with E-state index in [4.69, 9.17) is 0 Å². The van der Waals surface area contributed by atoms with Crippen LogP contribution in [0.1, 0.15) is 33.1 Å². The van der Waals surface area contributed by atoms with Crippen molar-refractivity contribution in [2.75, 3.05) is 19.6 Å². The van der Waals surface area contributed by atoms with Crippen molar-refractivity contribution in [3.8, 4) is 0 Å². The van der Waals surface area contributed by atoms with Crippen LogP contribution in [0.2, 0.25) is 0 Å². The molecule has 0 aromatic heterocycles. The van der Waals surface area contributed by atoms with E-state index in [0.29, 0.717) is 24.3 Å². The smallest absolute Gasteiger partial charge is 0.223 e. The van der Waals surface area contributed by atoms with Crippen molar-refractivity contribution in [2.24, 2.45) is 11.8 Å². The second-order valence-electron chi connectivity index (χ2n) is 5.29. The first-order valence-electron chi connectivity index (χ1n) is 6.18. The van der Waals surface area contributed by atoms with Gasteiger partial charge in [-0.2, -0.15) is 0 Å². The van der Waals surface area contributed by atoms with Crippen LogP contribution in [0.15, 0.2) is 0 Å². The molecular formula is C12H22N2O. The van der Waals surface area contributed by atoms with Gasteiger partial charge in [-0.15, -0.1) is 0 Å². The fraction of sp³-hybridized carbons (Fsp3) is 0.917. The minimum Gasteiger partial charge on any atom is -0.338 e. The fourth-order valence-corrected chi connectivity index (χ4v) is 2.84. The molecule has 2 fully saturated rings. The predicted molar refractivity (Wildman–Crippen MR) is 60.5 cm³/mol. The topological polar surface area (TPSA) is 32.3 Å². The summed E-state index contributed by atoms with van der Waals surface area (Å²) in [4.78, 5) is 14.1. The zero-order valence-electron chi connectivity index (χ0n) is 9.83. The van der Waals surface area contributed by atoms with Gasteiger partial charge in [-0.3, -0.25) is 4.79 Å². The number of nitrogens with zero attached hydrogens (tertiary/aromatic N) is 1. The lowest BCUT2D eigenvalue weighted by Crippen LogP contribution is -2.48. The molecule has 0 spiro atoms. The van der Waals surface area contributed by atoms with Crippen LogP contribution in [0, 0.1) is 11.8 Å². The van der Waals surface area contributed by atoms with Crippen LogP contribution in [-0.4, -0.2) is 36.5 Å². The van der Waals surface area contributed by atoms with E-state index in [-0.39, 0.29) is 0 Å². The number of carbonyl (C=O) groups excluding carboxylic acids is 1. The summed E-state index contributed by atoms with van der Waals surface area (Å²) >= 11 is 0. The number of hydrogen-bond donors (Lipinski definition) is 1. The van der Waals surface area contributed by atoms with Gasteiger partial charge in [-0.1, -0.05) is 13.8 Å². The molecular weight excluding hydrogens is 188 g/mol. The van der Waals surface area contributed by atoms with Crippen molar-refractivity contribution < 1.29 is 4.79 Å². The number of piperidine rings is 1. The first kappa shape index (κ1) is 10.9. The number of amides is 1. The van der Waals surface area contributed by atoms with Crippen molar-refractivity contribution in [3.05, 3.63) is 0 Å². The molecule has 0 aromatic carbocycles. The van der Waals surface area contributed by atoms with Crippen LogP contribution >= 0.6 is 0 Å². The molecule has 0 aliphatic carbocycles. The quantitative estimate of drug-likeness (QED) is 0.744. The van der Waals surface area contributed by atoms with E-state index >= 15 is 0 Å². The van der Waals surface area contributed by atoms with Gasteiger partial charge in [-0.05, 0) is 31.2 Å². The largest absolute Gasteiger partial charge is 0.338 e. The Balaban J connectivity index is 1.95. The summed E-state index contributed by atoms with van der Waals surface area (Å²) in [6, 6.07) is 0.491. The summed E-state index contributed by atoms with van der Waals surface area (Å²) < 4.78 is 0. The summed E-state index contributed by atoms with van der Waals surface area (Å²) in [7, 11) is 0. The molecule has 3 heteroatoms. The number of likely N-dealkylation sites (tertiary alicyclic amines) is 1. The highest BCUT2D eigenvalue weighted by atomic mass is 16.2. The van der Waals surface area contributed by atoms with Crippen LogP contribution in [0.4, 0.5) is 0 Å². The van der Waals surface area contributed by atoms with Crippen LogP contribution < -0.4 is 5.32 Å². The Hall–Kier alpha value is -0.570. The van der Waals surface area contributed by atoms with Crippen LogP contribution in [0.3, 0.4) is 0 Å². The normalized spacial score (nSPS) is 30.7. The average molecular weight is 210 g/mol. The Labute approximate surface area is 92.2 Å². The summed E-state index contributed by atoms with van der Waals surface area (Å²) in [5.74, 6) is 1.61. The Morgan fingerprint density at radius 1 is 1.47 bits per heavy atom. The van der Waals surface area contributed by atoms with E-state index in [1.54, 1.807) is 0 Å². The highest BCUT2D eigenvalue weighted by molar-refractivity contribution is 5.77. The van der Waals surface area contributed by atoms with Gasteiger partial charge in [0.05, 0.1) is 0 Å². The maximum Gasteiger partial charge on any atom is 0.223 e. The molecule has 0 radical (unpaired) electrons. The standard InChI is InChI=1S/C12H22N2O/c1-9(2)7-12(15)14-6-4-10-3-5-13-8-11(10)14/h9-11,13H,3-8H2,1-2H3/t10-,11-/m1/s1. The predicted octanol–water partition coefficient (Wildman–Crippen LogP) is 1.24. The molecule has 1 amide bonds. The lowest BCUT2D eigenvalue weighted by Gasteiger charge is -2.32. The third kappa shape index (κ3) is 2.33. The molecule has 3 nitrogen and oxygen atoms in total. The van der Waals surface area contributed by atoms with Crippen LogP contribution in [-0.2, 0) is 4.79 Å². The third-order valence-corrected chi connectivity index (χ3v) is 3.63. The molecule has 0 saturated carbocycles. The van der Waals surface area contributed by atoms with E-state index in [1.165, 1.54) is 12.8 Å². The Morgan fingerprint density at radius 2 is 2.27 bits per heavy atom. The van der Waals surface area contributed by atoms with Crippen molar-refractivity contribution >= 4 is 5.91 Å². The second-order valence-corrected chi connectivity index (χ2v) is 5.29. The second kappa shape index (κ2) is 4.52. The molecule has 15 heavy (non-hydrogen) atoms. The number of rotatable bonds is 2. The van der Waals surface area contributed by atoms with Gasteiger partial charge >= 0.3 is 0 Å². The van der Waals surface area contributed by atoms with E-state index in [0.717, 1.165) is 25.6 Å². The van der Waals surface area contributed by atoms with Gasteiger partial charge in [-0.25, -0.2) is 0 Å². The van der Waals surface area contributed by atoms with Crippen molar-refractivity contribution in [1.29, 1.82) is 0 Å². The Kier molecular flexibility index (Phi) is 3.29. The highest BCUT2D eigenvalue weighted by Gasteiger charge is 2.37. The van der Waals surface area contributed by atoms with Gasteiger partial charge in [0.2, 0.25) is 5.91 Å². The maximum atomic E-state index is 12.0. The number of hydrogen-bond acceptors (Lipinski definition) is 2. The third-order valence-electron chi connectivity index (χ3n) is 3.63. The van der Waals surface area contributed by atoms with Gasteiger partial charge in [0, 0.05) is 25.6 Å². The van der Waals surface area contributed by atoms with Gasteiger partial charge in [0.1, 0.15) is 0 Å². The lowest BCUT2D eigenvalue weighted by atomic mass is 9.93. The van der Waals surface area contributed by atoms with E-state index in [1.807, 2.05) is 0 Å². The Bertz CT molecular complexity index is 240. The minimum absolute atomic E-state index is 0.362. The number of nitrogens with one attached hydrogen (secondary N) is 1. The molecule has 2 aliphatic heterocycles. The average Bonchev–Trinajstić information content (AvgIpc) is 2.59. The number of fused-ring (bicyclic) bond motifs is 1. The number of carbonyl (C=O) groups is 1. The summed E-state index contributed by atoms with van der Waals surface area (Å²) in [6.07, 6.45) is 3.18. The summed E-state index contributed by atoms with van der Waals surface area (Å²) in [5.41, 5.74) is 0. The van der Waals surface area contributed by atoms with Crippen LogP contribution in [0.25, 0.3) is 0 Å². The first-order chi connectivity index (χ1) is 7.18. The van der Waals surface area contributed by atoms with Gasteiger partial charge in [0.25, 0.3) is 0 Å². The molecule has 2 heterocycles. The van der Waals surface area contributed by atoms with E-state index in [2.05, 4.69) is 24.1 Å². The van der Waals surface area contributed by atoms with Crippen molar-refractivity contribution in [2.45, 2.75) is 39.2 Å². The molecule has 0 unspecified atom stereocenters. The van der Waals surface area contributed by atoms with E-state index in [9.17, 15) is 4.79 Å². The van der Waals surface area contributed by atoms with Gasteiger partial charge < -0.3 is 10.2 Å². The first-order valence-corrected chi connectivity index (χ1v) is 6.18.